The maximum atomic E-state index is 9.40. The van der Waals surface area contributed by atoms with Crippen LogP contribution in [-0.2, 0) is 0 Å². The summed E-state index contributed by atoms with van der Waals surface area (Å²) < 4.78 is 1.16. The van der Waals surface area contributed by atoms with Crippen molar-refractivity contribution in [2.75, 3.05) is 19.7 Å². The molecule has 1 fully saturated rings. The highest BCUT2D eigenvalue weighted by atomic mass is 79.9. The van der Waals surface area contributed by atoms with Gasteiger partial charge in [0.05, 0.1) is 9.83 Å². The van der Waals surface area contributed by atoms with Gasteiger partial charge in [-0.15, -0.1) is 11.3 Å². The quantitative estimate of drug-likeness (QED) is 0.861. The molecule has 1 aromatic heterocycles. The lowest BCUT2D eigenvalue weighted by Crippen LogP contribution is -2.45. The van der Waals surface area contributed by atoms with Gasteiger partial charge in [0, 0.05) is 24.1 Å². The number of piperidine rings is 1. The summed E-state index contributed by atoms with van der Waals surface area (Å²) in [5.74, 6) is 0.406. The van der Waals surface area contributed by atoms with Crippen molar-refractivity contribution >= 4 is 27.3 Å². The Balaban J connectivity index is 2.17. The smallest absolute Gasteiger partial charge is 0.0702 e. The molecule has 0 amide bonds. The molecule has 19 heavy (non-hydrogen) atoms. The lowest BCUT2D eigenvalue weighted by Gasteiger charge is -2.39. The van der Waals surface area contributed by atoms with E-state index in [1.165, 1.54) is 4.88 Å². The van der Waals surface area contributed by atoms with E-state index < -0.39 is 0 Å². The number of thiophene rings is 1. The van der Waals surface area contributed by atoms with Crippen LogP contribution in [0.4, 0.5) is 0 Å². The molecule has 1 aliphatic rings. The Labute approximate surface area is 127 Å². The van der Waals surface area contributed by atoms with Crippen LogP contribution in [-0.4, -0.2) is 35.7 Å². The van der Waals surface area contributed by atoms with Gasteiger partial charge in [0.25, 0.3) is 0 Å². The summed E-state index contributed by atoms with van der Waals surface area (Å²) in [6.45, 7) is 4.49. The van der Waals surface area contributed by atoms with Crippen LogP contribution in [0.15, 0.2) is 15.9 Å². The van der Waals surface area contributed by atoms with Crippen LogP contribution < -0.4 is 5.73 Å². The summed E-state index contributed by atoms with van der Waals surface area (Å²) in [5, 5.41) is 9.40. The molecule has 3 unspecified atom stereocenters. The van der Waals surface area contributed by atoms with Crippen LogP contribution in [0.5, 0.6) is 0 Å². The summed E-state index contributed by atoms with van der Waals surface area (Å²) in [6.07, 6.45) is 3.26. The fraction of sp³-hybridized carbons (Fsp3) is 0.714. The van der Waals surface area contributed by atoms with Gasteiger partial charge in [0.2, 0.25) is 0 Å². The van der Waals surface area contributed by atoms with Crippen molar-refractivity contribution < 1.29 is 5.11 Å². The van der Waals surface area contributed by atoms with Crippen LogP contribution in [0.25, 0.3) is 0 Å². The lowest BCUT2D eigenvalue weighted by molar-refractivity contribution is 0.0777. The van der Waals surface area contributed by atoms with Crippen LogP contribution in [0.3, 0.4) is 0 Å². The minimum atomic E-state index is 0.156. The highest BCUT2D eigenvalue weighted by molar-refractivity contribution is 9.11. The zero-order valence-electron chi connectivity index (χ0n) is 11.4. The predicted octanol–water partition coefficient (Wildman–Crippen LogP) is 2.99. The number of rotatable bonds is 5. The molecule has 1 saturated heterocycles. The van der Waals surface area contributed by atoms with Crippen molar-refractivity contribution in [1.82, 2.24) is 4.90 Å². The van der Waals surface area contributed by atoms with Crippen molar-refractivity contribution in [3.8, 4) is 0 Å². The van der Waals surface area contributed by atoms with Crippen molar-refractivity contribution in [2.45, 2.75) is 38.3 Å². The number of aliphatic hydroxyl groups is 1. The van der Waals surface area contributed by atoms with Gasteiger partial charge in [0.15, 0.2) is 0 Å². The Bertz CT molecular complexity index is 399. The standard InChI is InChI=1S/C14H23BrN2OS/c1-2-11(16)14(12-5-6-13(15)19-12)17-7-3-4-10(8-17)9-18/h5-6,10-11,14,18H,2-4,7-9,16H2,1H3. The van der Waals surface area contributed by atoms with Crippen molar-refractivity contribution in [3.05, 3.63) is 20.8 Å². The molecular weight excluding hydrogens is 324 g/mol. The maximum absolute atomic E-state index is 9.40. The molecule has 0 aliphatic carbocycles. The zero-order chi connectivity index (χ0) is 13.8. The van der Waals surface area contributed by atoms with Gasteiger partial charge in [-0.2, -0.15) is 0 Å². The van der Waals surface area contributed by atoms with E-state index in [-0.39, 0.29) is 12.1 Å². The summed E-state index contributed by atoms with van der Waals surface area (Å²) in [4.78, 5) is 3.80. The number of halogens is 1. The van der Waals surface area contributed by atoms with E-state index in [2.05, 4.69) is 39.9 Å². The average molecular weight is 347 g/mol. The number of hydrogen-bond donors (Lipinski definition) is 2. The molecule has 2 rings (SSSR count). The van der Waals surface area contributed by atoms with Gasteiger partial charge >= 0.3 is 0 Å². The van der Waals surface area contributed by atoms with Gasteiger partial charge in [0.1, 0.15) is 0 Å². The Morgan fingerprint density at radius 3 is 2.95 bits per heavy atom. The fourth-order valence-corrected chi connectivity index (χ4v) is 4.51. The second-order valence-electron chi connectivity index (χ2n) is 5.34. The van der Waals surface area contributed by atoms with Crippen molar-refractivity contribution in [1.29, 1.82) is 0 Å². The van der Waals surface area contributed by atoms with E-state index in [0.29, 0.717) is 12.5 Å². The molecule has 1 aliphatic heterocycles. The Morgan fingerprint density at radius 2 is 2.37 bits per heavy atom. The number of nitrogens with two attached hydrogens (primary N) is 1. The zero-order valence-corrected chi connectivity index (χ0v) is 13.8. The van der Waals surface area contributed by atoms with E-state index in [4.69, 9.17) is 5.73 Å². The summed E-state index contributed by atoms with van der Waals surface area (Å²) in [6, 6.07) is 4.72. The third-order valence-corrected chi connectivity index (χ3v) is 5.66. The first-order valence-electron chi connectivity index (χ1n) is 7.01. The normalized spacial score (nSPS) is 24.3. The molecule has 1 aromatic rings. The van der Waals surface area contributed by atoms with E-state index in [1.54, 1.807) is 11.3 Å². The SMILES string of the molecule is CCC(N)C(c1ccc(Br)s1)N1CCCC(CO)C1. The molecule has 108 valence electrons. The van der Waals surface area contributed by atoms with Gasteiger partial charge in [-0.1, -0.05) is 6.92 Å². The molecular formula is C14H23BrN2OS. The fourth-order valence-electron chi connectivity index (χ4n) is 2.87. The first kappa shape index (κ1) is 15.4. The molecule has 3 atom stereocenters. The molecule has 0 saturated carbocycles. The molecule has 0 radical (unpaired) electrons. The third kappa shape index (κ3) is 3.79. The highest BCUT2D eigenvalue weighted by Gasteiger charge is 2.30. The highest BCUT2D eigenvalue weighted by Crippen LogP contribution is 2.35. The maximum Gasteiger partial charge on any atom is 0.0702 e. The number of likely N-dealkylation sites (tertiary alicyclic amines) is 1. The second kappa shape index (κ2) is 7.18. The minimum Gasteiger partial charge on any atom is -0.396 e. The number of hydrogen-bond acceptors (Lipinski definition) is 4. The van der Waals surface area contributed by atoms with Gasteiger partial charge in [-0.05, 0) is 59.8 Å². The number of aliphatic hydroxyl groups excluding tert-OH is 1. The van der Waals surface area contributed by atoms with Gasteiger partial charge < -0.3 is 10.8 Å². The summed E-state index contributed by atoms with van der Waals surface area (Å²) in [7, 11) is 0. The minimum absolute atomic E-state index is 0.156. The van der Waals surface area contributed by atoms with Crippen molar-refractivity contribution in [3.63, 3.8) is 0 Å². The Morgan fingerprint density at radius 1 is 1.58 bits per heavy atom. The molecule has 5 heteroatoms. The average Bonchev–Trinajstić information content (AvgIpc) is 2.85. The third-order valence-electron chi connectivity index (χ3n) is 3.96. The van der Waals surface area contributed by atoms with E-state index in [1.807, 2.05) is 0 Å². The first-order valence-corrected chi connectivity index (χ1v) is 8.62. The lowest BCUT2D eigenvalue weighted by atomic mass is 9.94. The first-order chi connectivity index (χ1) is 9.15. The molecule has 0 spiro atoms. The monoisotopic (exact) mass is 346 g/mol. The van der Waals surface area contributed by atoms with E-state index >= 15 is 0 Å². The van der Waals surface area contributed by atoms with Gasteiger partial charge in [-0.25, -0.2) is 0 Å². The molecule has 3 N–H and O–H groups in total. The van der Waals surface area contributed by atoms with Crippen LogP contribution in [0, 0.1) is 5.92 Å². The van der Waals surface area contributed by atoms with E-state index in [0.717, 1.165) is 36.1 Å². The van der Waals surface area contributed by atoms with Gasteiger partial charge in [-0.3, -0.25) is 4.90 Å². The summed E-state index contributed by atoms with van der Waals surface area (Å²) in [5.41, 5.74) is 6.36. The molecule has 2 heterocycles. The molecule has 3 nitrogen and oxygen atoms in total. The second-order valence-corrected chi connectivity index (χ2v) is 7.84. The van der Waals surface area contributed by atoms with Crippen molar-refractivity contribution in [2.24, 2.45) is 11.7 Å². The Hall–Kier alpha value is 0.0600. The van der Waals surface area contributed by atoms with E-state index in [9.17, 15) is 5.11 Å². The Kier molecular flexibility index (Phi) is 5.84. The van der Waals surface area contributed by atoms with Crippen LogP contribution >= 0.6 is 27.3 Å². The van der Waals surface area contributed by atoms with Crippen LogP contribution in [0.1, 0.15) is 37.1 Å². The molecule has 0 aromatic carbocycles. The summed E-state index contributed by atoms with van der Waals surface area (Å²) >= 11 is 5.31. The topological polar surface area (TPSA) is 49.5 Å². The number of nitrogens with zero attached hydrogens (tertiary/aromatic N) is 1. The molecule has 0 bridgehead atoms. The predicted molar refractivity (Wildman–Crippen MR) is 84.4 cm³/mol. The van der Waals surface area contributed by atoms with Crippen LogP contribution in [0.2, 0.25) is 0 Å². The largest absolute Gasteiger partial charge is 0.396 e.